The topological polar surface area (TPSA) is 20.2 Å². The molecule has 3 fully saturated rings. The van der Waals surface area contributed by atoms with Crippen LogP contribution in [0.3, 0.4) is 0 Å². The van der Waals surface area contributed by atoms with E-state index in [4.69, 9.17) is 0 Å². The largest absolute Gasteiger partial charge is 0.393 e. The Kier molecular flexibility index (Phi) is 6.53. The normalized spacial score (nSPS) is 43.2. The van der Waals surface area contributed by atoms with Crippen molar-refractivity contribution < 1.29 is 5.11 Å². The lowest BCUT2D eigenvalue weighted by atomic mass is 9.49. The molecule has 8 atom stereocenters. The molecule has 0 aliphatic heterocycles. The Morgan fingerprint density at radius 3 is 2.43 bits per heavy atom. The first-order valence-electron chi connectivity index (χ1n) is 13.6. The first-order chi connectivity index (χ1) is 14.2. The van der Waals surface area contributed by atoms with Crippen molar-refractivity contribution in [2.75, 3.05) is 0 Å². The highest BCUT2D eigenvalue weighted by atomic mass is 16.3. The predicted octanol–water partition coefficient (Wildman–Crippen LogP) is 8.17. The van der Waals surface area contributed by atoms with Gasteiger partial charge in [-0.1, -0.05) is 65.5 Å². The Balaban J connectivity index is 1.52. The lowest BCUT2D eigenvalue weighted by Gasteiger charge is -2.56. The Labute approximate surface area is 187 Å². The zero-order chi connectivity index (χ0) is 21.7. The molecule has 1 heteroatoms. The van der Waals surface area contributed by atoms with E-state index in [-0.39, 0.29) is 6.10 Å². The van der Waals surface area contributed by atoms with Gasteiger partial charge in [0.1, 0.15) is 0 Å². The van der Waals surface area contributed by atoms with E-state index in [2.05, 4.69) is 41.5 Å². The first-order valence-corrected chi connectivity index (χ1v) is 13.6. The summed E-state index contributed by atoms with van der Waals surface area (Å²) in [5.41, 5.74) is 4.80. The smallest absolute Gasteiger partial charge is 0.0543 e. The average Bonchev–Trinajstić information content (AvgIpc) is 3.06. The molecule has 0 heterocycles. The van der Waals surface area contributed by atoms with Gasteiger partial charge in [0.15, 0.2) is 0 Å². The molecule has 0 radical (unpaired) electrons. The molecular formula is C29H50O. The van der Waals surface area contributed by atoms with Crippen molar-refractivity contribution in [3.05, 3.63) is 11.1 Å². The van der Waals surface area contributed by atoms with E-state index in [1.807, 2.05) is 11.1 Å². The van der Waals surface area contributed by atoms with E-state index < -0.39 is 0 Å². The number of hydrogen-bond acceptors (Lipinski definition) is 1. The van der Waals surface area contributed by atoms with E-state index in [1.54, 1.807) is 0 Å². The maximum atomic E-state index is 10.3. The Bertz CT molecular complexity index is 647. The van der Waals surface area contributed by atoms with Crippen LogP contribution in [0.2, 0.25) is 0 Å². The molecule has 4 rings (SSSR count). The summed E-state index contributed by atoms with van der Waals surface area (Å²) in [6.07, 6.45) is 15.9. The van der Waals surface area contributed by atoms with Crippen molar-refractivity contribution in [1.29, 1.82) is 0 Å². The van der Waals surface area contributed by atoms with Crippen LogP contribution in [0, 0.1) is 46.3 Å². The minimum absolute atomic E-state index is 0.0272. The van der Waals surface area contributed by atoms with Crippen molar-refractivity contribution in [3.63, 3.8) is 0 Å². The molecule has 1 nitrogen and oxygen atoms in total. The van der Waals surface area contributed by atoms with Crippen LogP contribution in [-0.4, -0.2) is 11.2 Å². The lowest BCUT2D eigenvalue weighted by molar-refractivity contribution is -0.0381. The summed E-state index contributed by atoms with van der Waals surface area (Å²) in [4.78, 5) is 0. The van der Waals surface area contributed by atoms with Gasteiger partial charge >= 0.3 is 0 Å². The fourth-order valence-electron chi connectivity index (χ4n) is 9.11. The van der Waals surface area contributed by atoms with Crippen LogP contribution < -0.4 is 0 Å². The van der Waals surface area contributed by atoms with Crippen molar-refractivity contribution in [3.8, 4) is 0 Å². The average molecular weight is 415 g/mol. The van der Waals surface area contributed by atoms with Gasteiger partial charge in [-0.25, -0.2) is 0 Å². The zero-order valence-electron chi connectivity index (χ0n) is 21.0. The van der Waals surface area contributed by atoms with E-state index in [0.717, 1.165) is 48.3 Å². The first kappa shape index (κ1) is 22.9. The summed E-state index contributed by atoms with van der Waals surface area (Å²) in [5.74, 6) is 5.11. The molecule has 0 aromatic heterocycles. The number of rotatable bonds is 6. The fraction of sp³-hybridized carbons (Fsp3) is 0.931. The van der Waals surface area contributed by atoms with Crippen molar-refractivity contribution in [2.45, 2.75) is 125 Å². The molecule has 0 amide bonds. The van der Waals surface area contributed by atoms with Gasteiger partial charge in [0.25, 0.3) is 0 Å². The van der Waals surface area contributed by atoms with Crippen molar-refractivity contribution >= 4 is 0 Å². The highest BCUT2D eigenvalue weighted by Crippen LogP contribution is 2.65. The minimum Gasteiger partial charge on any atom is -0.393 e. The van der Waals surface area contributed by atoms with Gasteiger partial charge in [0.05, 0.1) is 6.10 Å². The second-order valence-electron chi connectivity index (χ2n) is 12.8. The summed E-state index contributed by atoms with van der Waals surface area (Å²) in [7, 11) is 0. The number of aliphatic hydroxyl groups is 1. The van der Waals surface area contributed by atoms with Crippen LogP contribution in [0.25, 0.3) is 0 Å². The Hall–Kier alpha value is -0.300. The van der Waals surface area contributed by atoms with Gasteiger partial charge < -0.3 is 5.11 Å². The number of hydrogen-bond donors (Lipinski definition) is 1. The lowest BCUT2D eigenvalue weighted by Crippen LogP contribution is -2.48. The molecule has 4 aliphatic rings. The van der Waals surface area contributed by atoms with Gasteiger partial charge in [-0.15, -0.1) is 0 Å². The highest BCUT2D eigenvalue weighted by Gasteiger charge is 2.55. The molecule has 1 N–H and O–H groups in total. The molecular weight excluding hydrogens is 364 g/mol. The maximum absolute atomic E-state index is 10.3. The van der Waals surface area contributed by atoms with Gasteiger partial charge in [0.2, 0.25) is 0 Å². The summed E-state index contributed by atoms with van der Waals surface area (Å²) in [6, 6.07) is 0. The molecule has 4 aliphatic carbocycles. The van der Waals surface area contributed by atoms with Crippen LogP contribution in [-0.2, 0) is 0 Å². The van der Waals surface area contributed by atoms with Crippen molar-refractivity contribution in [1.82, 2.24) is 0 Å². The number of allylic oxidation sites excluding steroid dienone is 2. The summed E-state index contributed by atoms with van der Waals surface area (Å²) in [5, 5.41) is 10.3. The molecule has 3 saturated carbocycles. The minimum atomic E-state index is -0.0272. The number of aliphatic hydroxyl groups excluding tert-OH is 1. The zero-order valence-corrected chi connectivity index (χ0v) is 21.0. The van der Waals surface area contributed by atoms with Crippen LogP contribution >= 0.6 is 0 Å². The summed E-state index contributed by atoms with van der Waals surface area (Å²) >= 11 is 0. The maximum Gasteiger partial charge on any atom is 0.0543 e. The Morgan fingerprint density at radius 2 is 1.73 bits per heavy atom. The molecule has 172 valence electrons. The van der Waals surface area contributed by atoms with Gasteiger partial charge in [0, 0.05) is 0 Å². The van der Waals surface area contributed by atoms with Crippen molar-refractivity contribution in [2.24, 2.45) is 46.3 Å². The quantitative estimate of drug-likeness (QED) is 0.434. The van der Waals surface area contributed by atoms with Gasteiger partial charge in [-0.05, 0) is 111 Å². The summed E-state index contributed by atoms with van der Waals surface area (Å²) in [6.45, 7) is 15.1. The highest BCUT2D eigenvalue weighted by molar-refractivity contribution is 5.34. The molecule has 0 bridgehead atoms. The summed E-state index contributed by atoms with van der Waals surface area (Å²) < 4.78 is 0. The third-order valence-corrected chi connectivity index (χ3v) is 11.2. The third kappa shape index (κ3) is 3.74. The third-order valence-electron chi connectivity index (χ3n) is 11.2. The van der Waals surface area contributed by atoms with Crippen LogP contribution in [0.15, 0.2) is 11.1 Å². The SMILES string of the molecule is CCC(CCC(C)C1CCC2=C3CC[C@H]4C[C@@H](O)CCC4(C)C3CCC21C)C(C)C. The number of fused-ring (bicyclic) bond motifs is 4. The van der Waals surface area contributed by atoms with E-state index >= 15 is 0 Å². The predicted molar refractivity (Wildman–Crippen MR) is 128 cm³/mol. The monoisotopic (exact) mass is 414 g/mol. The Morgan fingerprint density at radius 1 is 0.967 bits per heavy atom. The second-order valence-corrected chi connectivity index (χ2v) is 12.8. The molecule has 6 unspecified atom stereocenters. The molecule has 0 spiro atoms. The van der Waals surface area contributed by atoms with Gasteiger partial charge in [-0.3, -0.25) is 0 Å². The fourth-order valence-corrected chi connectivity index (χ4v) is 9.11. The van der Waals surface area contributed by atoms with Gasteiger partial charge in [-0.2, -0.15) is 0 Å². The van der Waals surface area contributed by atoms with Crippen LogP contribution in [0.4, 0.5) is 0 Å². The van der Waals surface area contributed by atoms with Crippen LogP contribution in [0.1, 0.15) is 119 Å². The molecule has 0 saturated heterocycles. The van der Waals surface area contributed by atoms with E-state index in [0.29, 0.717) is 10.8 Å². The van der Waals surface area contributed by atoms with Crippen LogP contribution in [0.5, 0.6) is 0 Å². The molecule has 30 heavy (non-hydrogen) atoms. The van der Waals surface area contributed by atoms with E-state index in [1.165, 1.54) is 64.2 Å². The standard InChI is InChI=1S/C29H50O/c1-7-21(19(2)3)9-8-20(4)25-12-13-26-24-11-10-22-18-23(30)14-16-28(22,5)27(24)15-17-29(25,26)6/h19-23,25,27,30H,7-18H2,1-6H3/t20?,21?,22-,23-,25?,27?,28?,29?/m0/s1. The van der Waals surface area contributed by atoms with E-state index in [9.17, 15) is 5.11 Å². The molecule has 0 aromatic carbocycles. The molecule has 0 aromatic rings. The second kappa shape index (κ2) is 8.57.